The third-order valence-corrected chi connectivity index (χ3v) is 4.58. The Morgan fingerprint density at radius 3 is 3.00 bits per heavy atom. The van der Waals surface area contributed by atoms with E-state index in [1.807, 2.05) is 4.90 Å². The molecule has 5 nitrogen and oxygen atoms in total. The molecule has 3 rings (SSSR count). The van der Waals surface area contributed by atoms with Crippen LogP contribution in [-0.4, -0.2) is 50.7 Å². The highest BCUT2D eigenvalue weighted by molar-refractivity contribution is 5.80. The summed E-state index contributed by atoms with van der Waals surface area (Å²) in [5, 5.41) is 0. The van der Waals surface area contributed by atoms with Gasteiger partial charge < -0.3 is 20.3 Å². The second-order valence-corrected chi connectivity index (χ2v) is 5.95. The number of carbonyl (C=O) groups excluding carboxylic acids is 1. The summed E-state index contributed by atoms with van der Waals surface area (Å²) in [6.07, 6.45) is 1.49. The number of nitrogens with zero attached hydrogens (tertiary/aromatic N) is 2. The zero-order valence-corrected chi connectivity index (χ0v) is 12.7. The number of amides is 1. The topological polar surface area (TPSA) is 58.8 Å². The lowest BCUT2D eigenvalue weighted by atomic mass is 9.98. The maximum absolute atomic E-state index is 12.1. The van der Waals surface area contributed by atoms with Gasteiger partial charge >= 0.3 is 0 Å². The summed E-state index contributed by atoms with van der Waals surface area (Å²) in [5.41, 5.74) is 10.0. The monoisotopic (exact) mass is 289 g/mol. The zero-order valence-electron chi connectivity index (χ0n) is 12.7. The van der Waals surface area contributed by atoms with Crippen molar-refractivity contribution in [2.75, 3.05) is 38.8 Å². The van der Waals surface area contributed by atoms with Gasteiger partial charge in [0, 0.05) is 45.4 Å². The first kappa shape index (κ1) is 14.4. The van der Waals surface area contributed by atoms with Crippen molar-refractivity contribution in [3.05, 3.63) is 29.3 Å². The fourth-order valence-corrected chi connectivity index (χ4v) is 3.47. The lowest BCUT2D eigenvalue weighted by Crippen LogP contribution is -2.35. The van der Waals surface area contributed by atoms with Crippen molar-refractivity contribution in [3.8, 4) is 0 Å². The van der Waals surface area contributed by atoms with Crippen LogP contribution in [0.15, 0.2) is 18.2 Å². The number of benzene rings is 1. The Labute approximate surface area is 125 Å². The van der Waals surface area contributed by atoms with Gasteiger partial charge in [-0.3, -0.25) is 4.79 Å². The van der Waals surface area contributed by atoms with Crippen LogP contribution in [0.1, 0.15) is 23.6 Å². The van der Waals surface area contributed by atoms with Crippen molar-refractivity contribution in [2.45, 2.75) is 24.9 Å². The molecule has 1 aromatic carbocycles. The summed E-state index contributed by atoms with van der Waals surface area (Å²) >= 11 is 0. The Bertz CT molecular complexity index is 546. The van der Waals surface area contributed by atoms with Crippen LogP contribution in [0.25, 0.3) is 0 Å². The van der Waals surface area contributed by atoms with E-state index in [1.54, 1.807) is 7.11 Å². The van der Waals surface area contributed by atoms with Crippen LogP contribution in [-0.2, 0) is 16.0 Å². The first-order valence-corrected chi connectivity index (χ1v) is 7.49. The van der Waals surface area contributed by atoms with E-state index in [4.69, 9.17) is 10.5 Å². The fraction of sp³-hybridized carbons (Fsp3) is 0.562. The minimum Gasteiger partial charge on any atom is -0.383 e. The van der Waals surface area contributed by atoms with Crippen molar-refractivity contribution in [2.24, 2.45) is 5.73 Å². The van der Waals surface area contributed by atoms with Gasteiger partial charge in [-0.25, -0.2) is 0 Å². The van der Waals surface area contributed by atoms with Gasteiger partial charge in [-0.15, -0.1) is 0 Å². The van der Waals surface area contributed by atoms with E-state index in [-0.39, 0.29) is 18.0 Å². The van der Waals surface area contributed by atoms with E-state index in [1.165, 1.54) is 11.3 Å². The van der Waals surface area contributed by atoms with E-state index in [2.05, 4.69) is 30.1 Å². The van der Waals surface area contributed by atoms with Crippen molar-refractivity contribution < 1.29 is 9.53 Å². The van der Waals surface area contributed by atoms with Crippen LogP contribution >= 0.6 is 0 Å². The number of fused-ring (bicyclic) bond motifs is 1. The Morgan fingerprint density at radius 1 is 1.43 bits per heavy atom. The van der Waals surface area contributed by atoms with Gasteiger partial charge in [-0.2, -0.15) is 0 Å². The molecular formula is C16H23N3O2. The number of nitrogens with two attached hydrogens (primary N) is 1. The average Bonchev–Trinajstić information content (AvgIpc) is 2.96. The summed E-state index contributed by atoms with van der Waals surface area (Å²) in [4.78, 5) is 16.3. The molecule has 0 saturated carbocycles. The van der Waals surface area contributed by atoms with E-state index < -0.39 is 0 Å². The number of ether oxygens (including phenoxy) is 1. The SMILES string of the molecule is COCCN1C(=O)CC(N)C1c1ccc2c(c1)CCN2C. The van der Waals surface area contributed by atoms with Crippen molar-refractivity contribution in [1.82, 2.24) is 4.90 Å². The predicted molar refractivity (Wildman–Crippen MR) is 82.3 cm³/mol. The number of likely N-dealkylation sites (N-methyl/N-ethyl adjacent to an activating group) is 1. The third kappa shape index (κ3) is 2.51. The molecule has 1 saturated heterocycles. The largest absolute Gasteiger partial charge is 0.383 e. The Balaban J connectivity index is 1.88. The first-order chi connectivity index (χ1) is 10.1. The molecule has 2 unspecified atom stereocenters. The van der Waals surface area contributed by atoms with E-state index in [0.29, 0.717) is 19.6 Å². The number of carbonyl (C=O) groups is 1. The Hall–Kier alpha value is -1.59. The van der Waals surface area contributed by atoms with Gasteiger partial charge in [-0.1, -0.05) is 12.1 Å². The van der Waals surface area contributed by atoms with Crippen LogP contribution in [0, 0.1) is 0 Å². The predicted octanol–water partition coefficient (Wildman–Crippen LogP) is 0.926. The summed E-state index contributed by atoms with van der Waals surface area (Å²) in [6.45, 7) is 2.20. The lowest BCUT2D eigenvalue weighted by Gasteiger charge is -2.27. The van der Waals surface area contributed by atoms with Crippen LogP contribution in [0.2, 0.25) is 0 Å². The Kier molecular flexibility index (Phi) is 3.87. The van der Waals surface area contributed by atoms with E-state index >= 15 is 0 Å². The molecular weight excluding hydrogens is 266 g/mol. The molecule has 0 spiro atoms. The standard InChI is InChI=1S/C16H23N3O2/c1-18-6-5-11-9-12(3-4-14(11)18)16-13(17)10-15(20)19(16)7-8-21-2/h3-4,9,13,16H,5-8,10,17H2,1-2H3. The van der Waals surface area contributed by atoms with Crippen LogP contribution < -0.4 is 10.6 Å². The second-order valence-electron chi connectivity index (χ2n) is 5.95. The molecule has 2 N–H and O–H groups in total. The van der Waals surface area contributed by atoms with Gasteiger partial charge in [0.15, 0.2) is 0 Å². The minimum absolute atomic E-state index is 0.0242. The number of methoxy groups -OCH3 is 1. The molecule has 2 aliphatic rings. The molecule has 2 heterocycles. The highest BCUT2D eigenvalue weighted by atomic mass is 16.5. The molecule has 0 bridgehead atoms. The summed E-state index contributed by atoms with van der Waals surface area (Å²) in [5.74, 6) is 0.127. The van der Waals surface area contributed by atoms with Crippen LogP contribution in [0.5, 0.6) is 0 Å². The molecule has 2 aliphatic heterocycles. The van der Waals surface area contributed by atoms with E-state index in [0.717, 1.165) is 18.5 Å². The summed E-state index contributed by atoms with van der Waals surface area (Å²) in [6, 6.07) is 6.34. The van der Waals surface area contributed by atoms with Gasteiger partial charge in [0.1, 0.15) is 0 Å². The third-order valence-electron chi connectivity index (χ3n) is 4.58. The first-order valence-electron chi connectivity index (χ1n) is 7.49. The van der Waals surface area contributed by atoms with Gasteiger partial charge in [0.25, 0.3) is 0 Å². The quantitative estimate of drug-likeness (QED) is 0.896. The number of likely N-dealkylation sites (tertiary alicyclic amines) is 1. The highest BCUT2D eigenvalue weighted by Crippen LogP contribution is 2.35. The van der Waals surface area contributed by atoms with Gasteiger partial charge in [0.2, 0.25) is 5.91 Å². The molecule has 1 amide bonds. The maximum atomic E-state index is 12.1. The summed E-state index contributed by atoms with van der Waals surface area (Å²) < 4.78 is 5.12. The maximum Gasteiger partial charge on any atom is 0.224 e. The van der Waals surface area contributed by atoms with Crippen LogP contribution in [0.4, 0.5) is 5.69 Å². The molecule has 5 heteroatoms. The molecule has 1 aromatic rings. The van der Waals surface area contributed by atoms with Crippen molar-refractivity contribution in [1.29, 1.82) is 0 Å². The van der Waals surface area contributed by atoms with Gasteiger partial charge in [-0.05, 0) is 23.6 Å². The smallest absolute Gasteiger partial charge is 0.224 e. The second kappa shape index (κ2) is 5.66. The number of anilines is 1. The van der Waals surface area contributed by atoms with E-state index in [9.17, 15) is 4.79 Å². The van der Waals surface area contributed by atoms with Gasteiger partial charge in [0.05, 0.1) is 12.6 Å². The number of hydrogen-bond acceptors (Lipinski definition) is 4. The van der Waals surface area contributed by atoms with Crippen LogP contribution in [0.3, 0.4) is 0 Å². The average molecular weight is 289 g/mol. The number of hydrogen-bond donors (Lipinski definition) is 1. The molecule has 1 fully saturated rings. The Morgan fingerprint density at radius 2 is 2.24 bits per heavy atom. The van der Waals surface area contributed by atoms with Crippen molar-refractivity contribution in [3.63, 3.8) is 0 Å². The molecule has 2 atom stereocenters. The fourth-order valence-electron chi connectivity index (χ4n) is 3.47. The number of rotatable bonds is 4. The molecule has 0 aliphatic carbocycles. The summed E-state index contributed by atoms with van der Waals surface area (Å²) in [7, 11) is 3.77. The van der Waals surface area contributed by atoms with Crippen molar-refractivity contribution >= 4 is 11.6 Å². The highest BCUT2D eigenvalue weighted by Gasteiger charge is 2.38. The molecule has 114 valence electrons. The molecule has 0 radical (unpaired) electrons. The minimum atomic E-state index is -0.133. The lowest BCUT2D eigenvalue weighted by molar-refractivity contribution is -0.129. The normalized spacial score (nSPS) is 24.8. The molecule has 21 heavy (non-hydrogen) atoms. The zero-order chi connectivity index (χ0) is 15.0. The molecule has 0 aromatic heterocycles.